The van der Waals surface area contributed by atoms with E-state index in [1.165, 1.54) is 13.2 Å². The molecule has 0 saturated heterocycles. The molecule has 1 aromatic heterocycles. The second kappa shape index (κ2) is 8.53. The molecule has 0 saturated carbocycles. The van der Waals surface area contributed by atoms with Crippen molar-refractivity contribution in [1.82, 2.24) is 10.2 Å². The summed E-state index contributed by atoms with van der Waals surface area (Å²) in [6.07, 6.45) is 0. The fraction of sp³-hybridized carbons (Fsp3) is 0.300. The number of thiocarbonyl (C=S) groups is 1. The van der Waals surface area contributed by atoms with Crippen molar-refractivity contribution in [2.75, 3.05) is 27.4 Å². The number of carbonyl (C=O) groups is 1. The summed E-state index contributed by atoms with van der Waals surface area (Å²) in [7, 11) is 3.29. The van der Waals surface area contributed by atoms with E-state index in [1.807, 2.05) is 0 Å². The van der Waals surface area contributed by atoms with Gasteiger partial charge in [-0.2, -0.15) is 0 Å². The maximum absolute atomic E-state index is 14.1. The Morgan fingerprint density at radius 1 is 1.29 bits per heavy atom. The van der Waals surface area contributed by atoms with Gasteiger partial charge in [0, 0.05) is 19.9 Å². The molecule has 1 N–H and O–H groups in total. The van der Waals surface area contributed by atoms with Gasteiger partial charge in [-0.25, -0.2) is 9.18 Å². The van der Waals surface area contributed by atoms with Crippen LogP contribution in [0.25, 0.3) is 11.3 Å². The lowest BCUT2D eigenvalue weighted by Gasteiger charge is -2.34. The second-order valence-corrected chi connectivity index (χ2v) is 6.64. The van der Waals surface area contributed by atoms with Gasteiger partial charge in [-0.1, -0.05) is 12.1 Å². The average molecular weight is 404 g/mol. The molecule has 1 aliphatic rings. The molecule has 0 unspecified atom stereocenters. The number of esters is 1. The molecule has 0 aliphatic carbocycles. The fourth-order valence-corrected chi connectivity index (χ4v) is 3.18. The van der Waals surface area contributed by atoms with Gasteiger partial charge in [0.1, 0.15) is 30.0 Å². The number of hydrogen-bond acceptors (Lipinski definition) is 5. The largest absolute Gasteiger partial charge is 0.460 e. The van der Waals surface area contributed by atoms with Crippen molar-refractivity contribution in [2.24, 2.45) is 0 Å². The summed E-state index contributed by atoms with van der Waals surface area (Å²) in [4.78, 5) is 14.4. The molecule has 0 bridgehead atoms. The van der Waals surface area contributed by atoms with Crippen LogP contribution in [0, 0.1) is 5.82 Å². The van der Waals surface area contributed by atoms with Crippen LogP contribution in [0.1, 0.15) is 18.7 Å². The number of carbonyl (C=O) groups excluding carboxylic acids is 1. The lowest BCUT2D eigenvalue weighted by atomic mass is 10.0. The number of furan rings is 1. The van der Waals surface area contributed by atoms with Crippen molar-refractivity contribution in [1.29, 1.82) is 0 Å². The van der Waals surface area contributed by atoms with Crippen LogP contribution in [-0.4, -0.2) is 43.4 Å². The Labute approximate surface area is 167 Å². The highest BCUT2D eigenvalue weighted by atomic mass is 32.1. The quantitative estimate of drug-likeness (QED) is 0.450. The molecule has 2 heterocycles. The Morgan fingerprint density at radius 2 is 2.04 bits per heavy atom. The van der Waals surface area contributed by atoms with Crippen LogP contribution in [0.3, 0.4) is 0 Å². The van der Waals surface area contributed by atoms with E-state index in [4.69, 9.17) is 26.1 Å². The number of rotatable bonds is 6. The monoisotopic (exact) mass is 404 g/mol. The van der Waals surface area contributed by atoms with Gasteiger partial charge in [0.2, 0.25) is 0 Å². The van der Waals surface area contributed by atoms with Gasteiger partial charge in [0.05, 0.1) is 17.7 Å². The van der Waals surface area contributed by atoms with Gasteiger partial charge in [-0.3, -0.25) is 0 Å². The molecular weight excluding hydrogens is 383 g/mol. The standard InChI is InChI=1S/C20H21FN2O4S/c1-12-17(19(24)26-11-10-25-3)18(22-20(28)23(12)2)16-9-8-15(27-16)13-6-4-5-7-14(13)21/h4-9,18H,10-11H2,1-3H3,(H,22,28)/t18-/m0/s1. The molecule has 28 heavy (non-hydrogen) atoms. The van der Waals surface area contributed by atoms with Gasteiger partial charge in [-0.05, 0) is 43.4 Å². The molecule has 0 spiro atoms. The van der Waals surface area contributed by atoms with E-state index in [0.29, 0.717) is 40.1 Å². The van der Waals surface area contributed by atoms with Gasteiger partial charge >= 0.3 is 5.97 Å². The smallest absolute Gasteiger partial charge is 0.338 e. The van der Waals surface area contributed by atoms with Gasteiger partial charge in [-0.15, -0.1) is 0 Å². The van der Waals surface area contributed by atoms with Crippen LogP contribution in [0.4, 0.5) is 4.39 Å². The molecule has 1 aromatic carbocycles. The summed E-state index contributed by atoms with van der Waals surface area (Å²) in [5.74, 6) is -0.0809. The first-order valence-corrected chi connectivity index (χ1v) is 9.10. The zero-order valence-electron chi connectivity index (χ0n) is 15.8. The minimum atomic E-state index is -0.640. The minimum absolute atomic E-state index is 0.131. The van der Waals surface area contributed by atoms with Crippen LogP contribution in [-0.2, 0) is 14.3 Å². The maximum atomic E-state index is 14.1. The van der Waals surface area contributed by atoms with E-state index in [-0.39, 0.29) is 12.4 Å². The average Bonchev–Trinajstić information content (AvgIpc) is 3.16. The summed E-state index contributed by atoms with van der Waals surface area (Å²) in [5, 5.41) is 3.54. The molecule has 2 aromatic rings. The number of allylic oxidation sites excluding steroid dienone is 1. The van der Waals surface area contributed by atoms with Crippen LogP contribution >= 0.6 is 12.2 Å². The maximum Gasteiger partial charge on any atom is 0.338 e. The number of ether oxygens (including phenoxy) is 2. The third-order valence-electron chi connectivity index (χ3n) is 4.55. The summed E-state index contributed by atoms with van der Waals surface area (Å²) in [6, 6.07) is 9.06. The third-order valence-corrected chi connectivity index (χ3v) is 4.94. The lowest BCUT2D eigenvalue weighted by Crippen LogP contribution is -2.46. The molecule has 6 nitrogen and oxygen atoms in total. The Hall–Kier alpha value is -2.71. The number of methoxy groups -OCH3 is 1. The Morgan fingerprint density at radius 3 is 2.75 bits per heavy atom. The van der Waals surface area contributed by atoms with Gasteiger partial charge in [0.25, 0.3) is 0 Å². The molecule has 0 radical (unpaired) electrons. The topological polar surface area (TPSA) is 63.9 Å². The van der Waals surface area contributed by atoms with Crippen molar-refractivity contribution in [3.05, 3.63) is 59.2 Å². The Bertz CT molecular complexity index is 924. The number of benzene rings is 1. The van der Waals surface area contributed by atoms with E-state index in [1.54, 1.807) is 49.2 Å². The summed E-state index contributed by atoms with van der Waals surface area (Å²) >= 11 is 5.36. The number of nitrogens with zero attached hydrogens (tertiary/aromatic N) is 1. The third kappa shape index (κ3) is 3.93. The van der Waals surface area contributed by atoms with E-state index >= 15 is 0 Å². The summed E-state index contributed by atoms with van der Waals surface area (Å²) in [6.45, 7) is 2.21. The van der Waals surface area contributed by atoms with Crippen molar-refractivity contribution in [3.63, 3.8) is 0 Å². The van der Waals surface area contributed by atoms with Crippen LogP contribution in [0.15, 0.2) is 52.1 Å². The number of halogens is 1. The normalized spacial score (nSPS) is 16.9. The van der Waals surface area contributed by atoms with Crippen molar-refractivity contribution < 1.29 is 23.1 Å². The highest BCUT2D eigenvalue weighted by Crippen LogP contribution is 2.34. The summed E-state index contributed by atoms with van der Waals surface area (Å²) in [5.41, 5.74) is 1.37. The highest BCUT2D eigenvalue weighted by molar-refractivity contribution is 7.80. The van der Waals surface area contributed by atoms with Crippen molar-refractivity contribution in [3.8, 4) is 11.3 Å². The first-order valence-electron chi connectivity index (χ1n) is 8.69. The van der Waals surface area contributed by atoms with Crippen LogP contribution < -0.4 is 5.32 Å². The second-order valence-electron chi connectivity index (χ2n) is 6.25. The zero-order chi connectivity index (χ0) is 20.3. The fourth-order valence-electron chi connectivity index (χ4n) is 2.92. The molecule has 3 rings (SSSR count). The predicted octanol–water partition coefficient (Wildman–Crippen LogP) is 3.41. The first-order chi connectivity index (χ1) is 13.4. The lowest BCUT2D eigenvalue weighted by molar-refractivity contribution is -0.141. The first kappa shape index (κ1) is 20.0. The molecule has 148 valence electrons. The van der Waals surface area contributed by atoms with E-state index < -0.39 is 12.0 Å². The van der Waals surface area contributed by atoms with Crippen LogP contribution in [0.5, 0.6) is 0 Å². The van der Waals surface area contributed by atoms with E-state index in [2.05, 4.69) is 5.32 Å². The molecule has 0 fully saturated rings. The van der Waals surface area contributed by atoms with E-state index in [0.717, 1.165) is 0 Å². The predicted molar refractivity (Wildman–Crippen MR) is 106 cm³/mol. The van der Waals surface area contributed by atoms with Gasteiger partial charge < -0.3 is 24.1 Å². The summed E-state index contributed by atoms with van der Waals surface area (Å²) < 4.78 is 30.2. The zero-order valence-corrected chi connectivity index (χ0v) is 16.6. The number of nitrogens with one attached hydrogen (secondary N) is 1. The molecule has 1 atom stereocenters. The van der Waals surface area contributed by atoms with Gasteiger partial charge in [0.15, 0.2) is 5.11 Å². The highest BCUT2D eigenvalue weighted by Gasteiger charge is 2.35. The van der Waals surface area contributed by atoms with Crippen molar-refractivity contribution >= 4 is 23.3 Å². The SMILES string of the molecule is COCCOC(=O)C1=C(C)N(C)C(=S)N[C@H]1c1ccc(-c2ccccc2F)o1. The molecule has 1 aliphatic heterocycles. The molecule has 0 amide bonds. The number of hydrogen-bond donors (Lipinski definition) is 1. The van der Waals surface area contributed by atoms with E-state index in [9.17, 15) is 9.18 Å². The minimum Gasteiger partial charge on any atom is -0.460 e. The Kier molecular flexibility index (Phi) is 6.11. The Balaban J connectivity index is 1.95. The molecular formula is C20H21FN2O4S. The van der Waals surface area contributed by atoms with Crippen molar-refractivity contribution in [2.45, 2.75) is 13.0 Å². The van der Waals surface area contributed by atoms with Crippen LogP contribution in [0.2, 0.25) is 0 Å². The molecule has 8 heteroatoms.